The third kappa shape index (κ3) is 10.0. The number of rotatable bonds is 0. The molecule has 1 aromatic rings. The molecule has 0 bridgehead atoms. The number of benzene rings is 1. The summed E-state index contributed by atoms with van der Waals surface area (Å²) in [6.07, 6.45) is 1.50. The molecule has 0 atom stereocenters. The van der Waals surface area contributed by atoms with Crippen molar-refractivity contribution >= 4 is 58.6 Å². The average Bonchev–Trinajstić information content (AvgIpc) is 2.19. The smallest absolute Gasteiger partial charge is 0.222 e. The third-order valence-corrected chi connectivity index (χ3v) is 2.12. The molecule has 8 heteroatoms. The highest BCUT2D eigenvalue weighted by molar-refractivity contribution is 6.67. The van der Waals surface area contributed by atoms with E-state index in [4.69, 9.17) is 66.8 Å². The Hall–Kier alpha value is -0.860. The third-order valence-electron chi connectivity index (χ3n) is 1.18. The van der Waals surface area contributed by atoms with Gasteiger partial charge >= 0.3 is 0 Å². The number of halogens is 4. The lowest BCUT2D eigenvalue weighted by Gasteiger charge is -2.11. The summed E-state index contributed by atoms with van der Waals surface area (Å²) in [5, 5.41) is 11.3. The molecule has 92 valence electrons. The van der Waals surface area contributed by atoms with Crippen LogP contribution in [0.1, 0.15) is 5.56 Å². The Morgan fingerprint density at radius 3 is 1.59 bits per heavy atom. The molecule has 0 saturated carbocycles. The van der Waals surface area contributed by atoms with Crippen LogP contribution in [-0.2, 0) is 13.4 Å². The van der Waals surface area contributed by atoms with E-state index >= 15 is 0 Å². The van der Waals surface area contributed by atoms with Gasteiger partial charge in [-0.25, -0.2) is 20.4 Å². The fourth-order valence-electron chi connectivity index (χ4n) is 0.691. The summed E-state index contributed by atoms with van der Waals surface area (Å²) in [7, 11) is 0. The summed E-state index contributed by atoms with van der Waals surface area (Å²) in [5.41, 5.74) is 0.506. The maximum absolute atomic E-state index is 8.35. The molecular weight excluding hydrogens is 310 g/mol. The van der Waals surface area contributed by atoms with Gasteiger partial charge in [-0.05, 0) is 6.07 Å². The second-order valence-corrected chi connectivity index (χ2v) is 4.87. The molecule has 0 amide bonds. The van der Waals surface area contributed by atoms with Crippen LogP contribution in [0.3, 0.4) is 0 Å². The minimum absolute atomic E-state index is 0.465. The van der Waals surface area contributed by atoms with Crippen LogP contribution < -0.4 is 0 Å². The summed E-state index contributed by atoms with van der Waals surface area (Å²) in [5.74, 6) is 0. The van der Waals surface area contributed by atoms with Crippen LogP contribution in [0.5, 0.6) is 0 Å². The van der Waals surface area contributed by atoms with Crippen molar-refractivity contribution in [1.29, 1.82) is 10.8 Å². The van der Waals surface area contributed by atoms with Crippen molar-refractivity contribution in [2.75, 3.05) is 0 Å². The van der Waals surface area contributed by atoms with E-state index in [1.165, 1.54) is 0 Å². The van der Waals surface area contributed by atoms with Gasteiger partial charge in [0.15, 0.2) is 0 Å². The van der Waals surface area contributed by atoms with Crippen LogP contribution in [-0.4, -0.2) is 12.2 Å². The first kappa shape index (κ1) is 18.5. The van der Waals surface area contributed by atoms with Crippen molar-refractivity contribution in [1.82, 2.24) is 0 Å². The van der Waals surface area contributed by atoms with Crippen molar-refractivity contribution in [3.8, 4) is 0 Å². The lowest BCUT2D eigenvalue weighted by Crippen LogP contribution is -1.99. The van der Waals surface area contributed by atoms with E-state index in [9.17, 15) is 0 Å². The Balaban J connectivity index is 0. The topological polar surface area (TPSA) is 81.8 Å². The monoisotopic (exact) mass is 314 g/mol. The molecule has 0 aliphatic carbocycles. The second-order valence-electron chi connectivity index (χ2n) is 2.18. The Kier molecular flexibility index (Phi) is 11.2. The highest BCUT2D eigenvalue weighted by Gasteiger charge is 2.24. The van der Waals surface area contributed by atoms with Crippen LogP contribution in [0, 0.1) is 10.8 Å². The molecule has 0 radical (unpaired) electrons. The first-order chi connectivity index (χ1) is 7.84. The summed E-state index contributed by atoms with van der Waals surface area (Å²) in [4.78, 5) is 16.7. The zero-order valence-corrected chi connectivity index (χ0v) is 11.2. The lowest BCUT2D eigenvalue weighted by molar-refractivity contribution is 0.562. The molecule has 0 spiro atoms. The van der Waals surface area contributed by atoms with Gasteiger partial charge in [0.2, 0.25) is 16.0 Å². The van der Waals surface area contributed by atoms with Gasteiger partial charge in [0, 0.05) is 10.6 Å². The highest BCUT2D eigenvalue weighted by atomic mass is 35.6. The molecule has 0 aromatic heterocycles. The second kappa shape index (κ2) is 10.3. The quantitative estimate of drug-likeness (QED) is 0.431. The molecular formula is C9H6Cl4N2O2. The first-order valence-corrected chi connectivity index (χ1v) is 5.25. The summed E-state index contributed by atoms with van der Waals surface area (Å²) in [6, 6.07) is 6.90. The SMILES string of the molecule is Clc1ccccc1C(Cl)(Cl)Cl.N=C=O.N=C=O. The predicted octanol–water partition coefficient (Wildman–Crippen LogP) is 3.97. The van der Waals surface area contributed by atoms with Gasteiger partial charge in [-0.2, -0.15) is 0 Å². The van der Waals surface area contributed by atoms with E-state index in [0.717, 1.165) is 12.2 Å². The average molecular weight is 316 g/mol. The zero-order chi connectivity index (χ0) is 13.9. The van der Waals surface area contributed by atoms with Gasteiger partial charge in [0.25, 0.3) is 0 Å². The van der Waals surface area contributed by atoms with Crippen molar-refractivity contribution in [2.45, 2.75) is 3.79 Å². The van der Waals surface area contributed by atoms with Crippen LogP contribution in [0.2, 0.25) is 5.02 Å². The Morgan fingerprint density at radius 2 is 1.35 bits per heavy atom. The largest absolute Gasteiger partial charge is 0.231 e. The Labute approximate surface area is 117 Å². The van der Waals surface area contributed by atoms with Gasteiger partial charge in [-0.3, -0.25) is 0 Å². The van der Waals surface area contributed by atoms with Crippen molar-refractivity contribution < 1.29 is 9.59 Å². The summed E-state index contributed by atoms with van der Waals surface area (Å²) in [6.45, 7) is 0. The van der Waals surface area contributed by atoms with Crippen molar-refractivity contribution in [3.05, 3.63) is 34.9 Å². The van der Waals surface area contributed by atoms with Gasteiger partial charge in [-0.15, -0.1) is 0 Å². The molecule has 0 aliphatic heterocycles. The Morgan fingerprint density at radius 1 is 1.00 bits per heavy atom. The van der Waals surface area contributed by atoms with Gasteiger partial charge < -0.3 is 0 Å². The molecule has 0 unspecified atom stereocenters. The molecule has 0 heterocycles. The number of carbonyl (C=O) groups excluding carboxylic acids is 2. The lowest BCUT2D eigenvalue weighted by atomic mass is 10.2. The first-order valence-electron chi connectivity index (χ1n) is 3.74. The van der Waals surface area contributed by atoms with E-state index in [0.29, 0.717) is 10.6 Å². The molecule has 2 N–H and O–H groups in total. The molecule has 0 saturated heterocycles. The summed E-state index contributed by atoms with van der Waals surface area (Å²) >= 11 is 22.6. The predicted molar refractivity (Wildman–Crippen MR) is 67.5 cm³/mol. The van der Waals surface area contributed by atoms with Crippen LogP contribution in [0.15, 0.2) is 24.3 Å². The van der Waals surface area contributed by atoms with Crippen molar-refractivity contribution in [2.24, 2.45) is 0 Å². The van der Waals surface area contributed by atoms with Gasteiger partial charge in [-0.1, -0.05) is 64.6 Å². The molecule has 0 fully saturated rings. The minimum Gasteiger partial charge on any atom is -0.222 e. The summed E-state index contributed by atoms with van der Waals surface area (Å²) < 4.78 is -1.43. The normalized spacial score (nSPS) is 8.47. The van der Waals surface area contributed by atoms with E-state index in [1.54, 1.807) is 24.3 Å². The number of hydrogen-bond donors (Lipinski definition) is 2. The fraction of sp³-hybridized carbons (Fsp3) is 0.111. The maximum atomic E-state index is 8.35. The van der Waals surface area contributed by atoms with E-state index < -0.39 is 3.79 Å². The van der Waals surface area contributed by atoms with Crippen molar-refractivity contribution in [3.63, 3.8) is 0 Å². The molecule has 1 aromatic carbocycles. The van der Waals surface area contributed by atoms with E-state index in [1.807, 2.05) is 0 Å². The van der Waals surface area contributed by atoms with Crippen LogP contribution in [0.25, 0.3) is 0 Å². The van der Waals surface area contributed by atoms with E-state index in [-0.39, 0.29) is 0 Å². The van der Waals surface area contributed by atoms with Crippen LogP contribution >= 0.6 is 46.4 Å². The Bertz CT molecular complexity index is 394. The number of nitrogens with one attached hydrogen (secondary N) is 2. The zero-order valence-electron chi connectivity index (χ0n) is 8.14. The van der Waals surface area contributed by atoms with E-state index in [2.05, 4.69) is 0 Å². The van der Waals surface area contributed by atoms with Gasteiger partial charge in [0.1, 0.15) is 0 Å². The highest BCUT2D eigenvalue weighted by Crippen LogP contribution is 2.41. The number of alkyl halides is 3. The van der Waals surface area contributed by atoms with Gasteiger partial charge in [0.05, 0.1) is 0 Å². The molecule has 4 nitrogen and oxygen atoms in total. The molecule has 17 heavy (non-hydrogen) atoms. The standard InChI is InChI=1S/C7H4Cl4.2CHNO/c8-6-4-2-1-3-5(6)7(9,10)11;2*2-1-3/h1-4H;2*2H. The minimum atomic E-state index is -1.43. The molecule has 0 aliphatic rings. The maximum Gasteiger partial charge on any atom is 0.231 e. The van der Waals surface area contributed by atoms with Crippen LogP contribution in [0.4, 0.5) is 0 Å². The molecule has 1 rings (SSSR count). The fourth-order valence-corrected chi connectivity index (χ4v) is 1.61. The number of hydrogen-bond acceptors (Lipinski definition) is 4. The number of isocyanates is 2.